The highest BCUT2D eigenvalue weighted by atomic mass is 16.5. The Bertz CT molecular complexity index is 434. The summed E-state index contributed by atoms with van der Waals surface area (Å²) < 4.78 is 4.71. The van der Waals surface area contributed by atoms with Crippen LogP contribution < -0.4 is 5.32 Å². The first-order valence-corrected chi connectivity index (χ1v) is 5.85. The molecule has 0 spiro atoms. The lowest BCUT2D eigenvalue weighted by atomic mass is 9.96. The molecule has 18 heavy (non-hydrogen) atoms. The minimum atomic E-state index is -0.632. The van der Waals surface area contributed by atoms with Crippen LogP contribution in [0.15, 0.2) is 18.2 Å². The van der Waals surface area contributed by atoms with Gasteiger partial charge in [0, 0.05) is 13.3 Å². The molecule has 0 saturated heterocycles. The molecule has 0 radical (unpaired) electrons. The summed E-state index contributed by atoms with van der Waals surface area (Å²) in [4.78, 5) is 22.8. The monoisotopic (exact) mass is 249 g/mol. The largest absolute Gasteiger partial charge is 0.467 e. The van der Waals surface area contributed by atoms with E-state index in [2.05, 4.69) is 5.32 Å². The lowest BCUT2D eigenvalue weighted by Gasteiger charge is -2.18. The number of ether oxygens (including phenoxy) is 1. The van der Waals surface area contributed by atoms with E-state index in [4.69, 9.17) is 4.74 Å². The minimum Gasteiger partial charge on any atom is -0.467 e. The highest BCUT2D eigenvalue weighted by molar-refractivity contribution is 5.83. The van der Waals surface area contributed by atoms with E-state index >= 15 is 0 Å². The highest BCUT2D eigenvalue weighted by Gasteiger charge is 2.21. The van der Waals surface area contributed by atoms with Gasteiger partial charge in [-0.05, 0) is 30.5 Å². The van der Waals surface area contributed by atoms with E-state index in [0.29, 0.717) is 6.42 Å². The van der Waals surface area contributed by atoms with Crippen LogP contribution in [-0.2, 0) is 20.7 Å². The quantitative estimate of drug-likeness (QED) is 0.823. The van der Waals surface area contributed by atoms with Gasteiger partial charge in [0.2, 0.25) is 5.91 Å². The summed E-state index contributed by atoms with van der Waals surface area (Å²) in [6.07, 6.45) is 0.449. The Kier molecular flexibility index (Phi) is 4.89. The van der Waals surface area contributed by atoms with Crippen LogP contribution in [0.3, 0.4) is 0 Å². The molecule has 1 atom stereocenters. The van der Waals surface area contributed by atoms with Gasteiger partial charge >= 0.3 is 5.97 Å². The number of amides is 1. The number of methoxy groups -OCH3 is 1. The molecule has 1 aromatic carbocycles. The summed E-state index contributed by atoms with van der Waals surface area (Å²) in [5.41, 5.74) is 3.28. The number of rotatable bonds is 4. The number of hydrogen-bond acceptors (Lipinski definition) is 3. The zero-order valence-corrected chi connectivity index (χ0v) is 11.2. The third-order valence-electron chi connectivity index (χ3n) is 2.92. The van der Waals surface area contributed by atoms with Crippen molar-refractivity contribution in [3.8, 4) is 0 Å². The van der Waals surface area contributed by atoms with Crippen molar-refractivity contribution in [2.45, 2.75) is 33.2 Å². The second-order valence-electron chi connectivity index (χ2n) is 4.35. The standard InChI is InChI=1S/C14H19NO3/c1-9-6-5-7-10(2)12(9)8-13(14(17)18-4)15-11(3)16/h5-7,13H,8H2,1-4H3,(H,15,16)/t13-/m1/s1. The summed E-state index contributed by atoms with van der Waals surface area (Å²) in [6.45, 7) is 5.37. The van der Waals surface area contributed by atoms with Crippen LogP contribution >= 0.6 is 0 Å². The van der Waals surface area contributed by atoms with Crippen LogP contribution in [0.2, 0.25) is 0 Å². The lowest BCUT2D eigenvalue weighted by molar-refractivity contribution is -0.144. The van der Waals surface area contributed by atoms with Gasteiger partial charge in [-0.2, -0.15) is 0 Å². The molecule has 0 fully saturated rings. The molecule has 0 bridgehead atoms. The van der Waals surface area contributed by atoms with Crippen LogP contribution in [0, 0.1) is 13.8 Å². The molecule has 1 rings (SSSR count). The normalized spacial score (nSPS) is 11.8. The predicted octanol–water partition coefficient (Wildman–Crippen LogP) is 1.52. The lowest BCUT2D eigenvalue weighted by Crippen LogP contribution is -2.42. The molecular formula is C14H19NO3. The summed E-state index contributed by atoms with van der Waals surface area (Å²) in [5.74, 6) is -0.663. The number of carbonyl (C=O) groups excluding carboxylic acids is 2. The van der Waals surface area contributed by atoms with Crippen molar-refractivity contribution in [2.24, 2.45) is 0 Å². The minimum absolute atomic E-state index is 0.239. The number of nitrogens with one attached hydrogen (secondary N) is 1. The van der Waals surface area contributed by atoms with Crippen molar-refractivity contribution in [3.63, 3.8) is 0 Å². The number of aryl methyl sites for hydroxylation is 2. The second kappa shape index (κ2) is 6.19. The molecule has 0 aliphatic rings. The molecular weight excluding hydrogens is 230 g/mol. The van der Waals surface area contributed by atoms with Crippen LogP contribution in [0.4, 0.5) is 0 Å². The van der Waals surface area contributed by atoms with Crippen LogP contribution in [0.1, 0.15) is 23.6 Å². The van der Waals surface area contributed by atoms with Crippen LogP contribution in [0.25, 0.3) is 0 Å². The molecule has 0 saturated carbocycles. The Morgan fingerprint density at radius 3 is 2.28 bits per heavy atom. The fraction of sp³-hybridized carbons (Fsp3) is 0.429. The maximum Gasteiger partial charge on any atom is 0.328 e. The molecule has 98 valence electrons. The van der Waals surface area contributed by atoms with E-state index < -0.39 is 12.0 Å². The highest BCUT2D eigenvalue weighted by Crippen LogP contribution is 2.15. The third kappa shape index (κ3) is 3.58. The van der Waals surface area contributed by atoms with Crippen LogP contribution in [-0.4, -0.2) is 25.0 Å². The average molecular weight is 249 g/mol. The van der Waals surface area contributed by atoms with Gasteiger partial charge in [0.1, 0.15) is 6.04 Å². The molecule has 4 heteroatoms. The maximum atomic E-state index is 11.6. The van der Waals surface area contributed by atoms with Gasteiger partial charge in [0.15, 0.2) is 0 Å². The Morgan fingerprint density at radius 1 is 1.28 bits per heavy atom. The Morgan fingerprint density at radius 2 is 1.83 bits per heavy atom. The van der Waals surface area contributed by atoms with Gasteiger partial charge in [-0.15, -0.1) is 0 Å². The van der Waals surface area contributed by atoms with Crippen molar-refractivity contribution < 1.29 is 14.3 Å². The van der Waals surface area contributed by atoms with Crippen molar-refractivity contribution in [1.29, 1.82) is 0 Å². The SMILES string of the molecule is COC(=O)[C@@H](Cc1c(C)cccc1C)NC(C)=O. The first kappa shape index (κ1) is 14.2. The van der Waals surface area contributed by atoms with Gasteiger partial charge in [-0.3, -0.25) is 4.79 Å². The molecule has 0 unspecified atom stereocenters. The molecule has 1 amide bonds. The summed E-state index contributed by atoms with van der Waals surface area (Å²) in [7, 11) is 1.32. The van der Waals surface area contributed by atoms with Gasteiger partial charge < -0.3 is 10.1 Å². The molecule has 0 heterocycles. The number of hydrogen-bond donors (Lipinski definition) is 1. The average Bonchev–Trinajstić information content (AvgIpc) is 2.31. The van der Waals surface area contributed by atoms with E-state index in [1.54, 1.807) is 0 Å². The van der Waals surface area contributed by atoms with Crippen molar-refractivity contribution in [3.05, 3.63) is 34.9 Å². The Balaban J connectivity index is 2.95. The fourth-order valence-corrected chi connectivity index (χ4v) is 1.96. The summed E-state index contributed by atoms with van der Waals surface area (Å²) >= 11 is 0. The smallest absolute Gasteiger partial charge is 0.328 e. The van der Waals surface area contributed by atoms with Crippen LogP contribution in [0.5, 0.6) is 0 Å². The maximum absolute atomic E-state index is 11.6. The molecule has 0 aromatic heterocycles. The van der Waals surface area contributed by atoms with E-state index in [0.717, 1.165) is 16.7 Å². The number of carbonyl (C=O) groups is 2. The fourth-order valence-electron chi connectivity index (χ4n) is 1.96. The Hall–Kier alpha value is -1.84. The molecule has 4 nitrogen and oxygen atoms in total. The molecule has 1 N–H and O–H groups in total. The molecule has 1 aromatic rings. The third-order valence-corrected chi connectivity index (χ3v) is 2.92. The predicted molar refractivity (Wildman–Crippen MR) is 69.2 cm³/mol. The zero-order chi connectivity index (χ0) is 13.7. The van der Waals surface area contributed by atoms with Gasteiger partial charge in [-0.25, -0.2) is 4.79 Å². The van der Waals surface area contributed by atoms with Crippen molar-refractivity contribution >= 4 is 11.9 Å². The first-order valence-electron chi connectivity index (χ1n) is 5.85. The van der Waals surface area contributed by atoms with Gasteiger partial charge in [-0.1, -0.05) is 18.2 Å². The summed E-state index contributed by atoms with van der Waals surface area (Å²) in [5, 5.41) is 2.62. The zero-order valence-electron chi connectivity index (χ0n) is 11.2. The van der Waals surface area contributed by atoms with Crippen molar-refractivity contribution in [2.75, 3.05) is 7.11 Å². The second-order valence-corrected chi connectivity index (χ2v) is 4.35. The summed E-state index contributed by atoms with van der Waals surface area (Å²) in [6, 6.07) is 5.32. The van der Waals surface area contributed by atoms with E-state index in [9.17, 15) is 9.59 Å². The van der Waals surface area contributed by atoms with Crippen molar-refractivity contribution in [1.82, 2.24) is 5.32 Å². The first-order chi connectivity index (χ1) is 8.45. The molecule has 0 aliphatic heterocycles. The number of esters is 1. The van der Waals surface area contributed by atoms with Gasteiger partial charge in [0.25, 0.3) is 0 Å². The number of benzene rings is 1. The Labute approximate surface area is 107 Å². The van der Waals surface area contributed by atoms with Gasteiger partial charge in [0.05, 0.1) is 7.11 Å². The molecule has 0 aliphatic carbocycles. The van der Waals surface area contributed by atoms with E-state index in [1.807, 2.05) is 32.0 Å². The topological polar surface area (TPSA) is 55.4 Å². The van der Waals surface area contributed by atoms with E-state index in [1.165, 1.54) is 14.0 Å². The van der Waals surface area contributed by atoms with E-state index in [-0.39, 0.29) is 5.91 Å².